The number of rotatable bonds is 5. The Hall–Kier alpha value is -1.46. The second-order valence-corrected chi connectivity index (χ2v) is 4.97. The summed E-state index contributed by atoms with van der Waals surface area (Å²) < 4.78 is 12.9. The molecule has 5 heteroatoms. The number of nitrogens with zero attached hydrogens (tertiary/aromatic N) is 1. The average molecular weight is 265 g/mol. The highest BCUT2D eigenvalue weighted by Crippen LogP contribution is 2.13. The smallest absolute Gasteiger partial charge is 0.238 e. The first kappa shape index (κ1) is 14.0. The minimum atomic E-state index is -0.349. The number of amides is 1. The molecule has 1 aromatic carbocycles. The van der Waals surface area contributed by atoms with Crippen molar-refractivity contribution in [2.24, 2.45) is 0 Å². The number of likely N-dealkylation sites (N-methyl/N-ethyl adjacent to an activating group) is 1. The van der Waals surface area contributed by atoms with Crippen LogP contribution in [-0.2, 0) is 4.79 Å². The van der Waals surface area contributed by atoms with E-state index in [0.717, 1.165) is 13.1 Å². The summed E-state index contributed by atoms with van der Waals surface area (Å²) in [6.45, 7) is 2.19. The number of anilines is 1. The van der Waals surface area contributed by atoms with Gasteiger partial charge >= 0.3 is 0 Å². The highest BCUT2D eigenvalue weighted by Gasteiger charge is 2.20. The lowest BCUT2D eigenvalue weighted by Crippen LogP contribution is -2.38. The Kier molecular flexibility index (Phi) is 4.87. The van der Waals surface area contributed by atoms with E-state index < -0.39 is 0 Å². The van der Waals surface area contributed by atoms with Crippen LogP contribution < -0.4 is 10.6 Å². The summed E-state index contributed by atoms with van der Waals surface area (Å²) >= 11 is 0. The highest BCUT2D eigenvalue weighted by atomic mass is 19.1. The zero-order chi connectivity index (χ0) is 13.7. The van der Waals surface area contributed by atoms with E-state index in [9.17, 15) is 9.18 Å². The predicted octanol–water partition coefficient (Wildman–Crippen LogP) is 1.45. The van der Waals surface area contributed by atoms with Gasteiger partial charge in [-0.05, 0) is 44.6 Å². The van der Waals surface area contributed by atoms with Gasteiger partial charge in [-0.15, -0.1) is 0 Å². The molecule has 1 unspecified atom stereocenters. The van der Waals surface area contributed by atoms with Gasteiger partial charge in [0.05, 0.1) is 6.54 Å². The molecule has 1 aromatic rings. The molecule has 0 bridgehead atoms. The van der Waals surface area contributed by atoms with Gasteiger partial charge in [0.15, 0.2) is 0 Å². The van der Waals surface area contributed by atoms with Crippen molar-refractivity contribution in [3.05, 3.63) is 30.1 Å². The molecule has 1 saturated heterocycles. The molecule has 1 aliphatic rings. The van der Waals surface area contributed by atoms with E-state index in [0.29, 0.717) is 11.7 Å². The van der Waals surface area contributed by atoms with Crippen molar-refractivity contribution in [3.8, 4) is 0 Å². The van der Waals surface area contributed by atoms with Crippen molar-refractivity contribution in [2.45, 2.75) is 18.9 Å². The standard InChI is InChI=1S/C14H20FN3O/c1-18-7-3-6-13(18)9-16-10-14(19)17-12-5-2-4-11(15)8-12/h2,4-5,8,13,16H,3,6-7,9-10H2,1H3,(H,17,19). The Bertz CT molecular complexity index is 438. The summed E-state index contributed by atoms with van der Waals surface area (Å²) in [5, 5.41) is 5.81. The third-order valence-corrected chi connectivity index (χ3v) is 3.45. The molecular formula is C14H20FN3O. The van der Waals surface area contributed by atoms with Crippen molar-refractivity contribution in [1.82, 2.24) is 10.2 Å². The Morgan fingerprint density at radius 2 is 2.37 bits per heavy atom. The number of carbonyl (C=O) groups is 1. The highest BCUT2D eigenvalue weighted by molar-refractivity contribution is 5.92. The summed E-state index contributed by atoms with van der Waals surface area (Å²) in [7, 11) is 2.10. The van der Waals surface area contributed by atoms with Crippen molar-refractivity contribution < 1.29 is 9.18 Å². The minimum absolute atomic E-state index is 0.147. The molecule has 1 heterocycles. The molecule has 0 saturated carbocycles. The number of hydrogen-bond acceptors (Lipinski definition) is 3. The Labute approximate surface area is 113 Å². The van der Waals surface area contributed by atoms with Gasteiger partial charge in [-0.25, -0.2) is 4.39 Å². The number of likely N-dealkylation sites (tertiary alicyclic amines) is 1. The van der Waals surface area contributed by atoms with Gasteiger partial charge in [-0.2, -0.15) is 0 Å². The minimum Gasteiger partial charge on any atom is -0.325 e. The summed E-state index contributed by atoms with van der Waals surface area (Å²) in [6, 6.07) is 6.42. The summed E-state index contributed by atoms with van der Waals surface area (Å²) in [6.07, 6.45) is 2.40. The topological polar surface area (TPSA) is 44.4 Å². The molecular weight excluding hydrogens is 245 g/mol. The SMILES string of the molecule is CN1CCCC1CNCC(=O)Nc1cccc(F)c1. The van der Waals surface area contributed by atoms with Crippen LogP contribution >= 0.6 is 0 Å². The maximum atomic E-state index is 12.9. The van der Waals surface area contributed by atoms with E-state index in [2.05, 4.69) is 22.6 Å². The van der Waals surface area contributed by atoms with Crippen LogP contribution in [0.2, 0.25) is 0 Å². The van der Waals surface area contributed by atoms with Crippen LogP contribution in [0.3, 0.4) is 0 Å². The van der Waals surface area contributed by atoms with Crippen molar-refractivity contribution in [2.75, 3.05) is 32.0 Å². The van der Waals surface area contributed by atoms with Gasteiger partial charge in [-0.3, -0.25) is 4.79 Å². The first-order valence-electron chi connectivity index (χ1n) is 6.61. The van der Waals surface area contributed by atoms with E-state index in [-0.39, 0.29) is 18.3 Å². The lowest BCUT2D eigenvalue weighted by atomic mass is 10.2. The Balaban J connectivity index is 1.70. The molecule has 1 atom stereocenters. The molecule has 0 radical (unpaired) electrons. The molecule has 0 aromatic heterocycles. The lowest BCUT2D eigenvalue weighted by molar-refractivity contribution is -0.115. The van der Waals surface area contributed by atoms with E-state index in [1.165, 1.54) is 25.0 Å². The van der Waals surface area contributed by atoms with Crippen LogP contribution in [0, 0.1) is 5.82 Å². The maximum Gasteiger partial charge on any atom is 0.238 e. The van der Waals surface area contributed by atoms with Gasteiger partial charge in [0.25, 0.3) is 0 Å². The van der Waals surface area contributed by atoms with Crippen LogP contribution in [0.4, 0.5) is 10.1 Å². The molecule has 4 nitrogen and oxygen atoms in total. The number of halogens is 1. The molecule has 0 aliphatic carbocycles. The fourth-order valence-electron chi connectivity index (χ4n) is 2.36. The van der Waals surface area contributed by atoms with Crippen molar-refractivity contribution >= 4 is 11.6 Å². The van der Waals surface area contributed by atoms with Gasteiger partial charge in [0.2, 0.25) is 5.91 Å². The second-order valence-electron chi connectivity index (χ2n) is 4.97. The summed E-state index contributed by atoms with van der Waals surface area (Å²) in [5.41, 5.74) is 0.491. The van der Waals surface area contributed by atoms with Crippen LogP contribution in [0.5, 0.6) is 0 Å². The molecule has 0 spiro atoms. The zero-order valence-electron chi connectivity index (χ0n) is 11.2. The fourth-order valence-corrected chi connectivity index (χ4v) is 2.36. The third-order valence-electron chi connectivity index (χ3n) is 3.45. The molecule has 2 rings (SSSR count). The second kappa shape index (κ2) is 6.63. The van der Waals surface area contributed by atoms with Gasteiger partial charge in [0, 0.05) is 18.3 Å². The van der Waals surface area contributed by atoms with E-state index >= 15 is 0 Å². The Morgan fingerprint density at radius 3 is 3.05 bits per heavy atom. The molecule has 1 fully saturated rings. The van der Waals surface area contributed by atoms with Crippen LogP contribution in [-0.4, -0.2) is 43.5 Å². The molecule has 1 aliphatic heterocycles. The van der Waals surface area contributed by atoms with Gasteiger partial charge in [-0.1, -0.05) is 6.07 Å². The Morgan fingerprint density at radius 1 is 1.53 bits per heavy atom. The average Bonchev–Trinajstić information content (AvgIpc) is 2.75. The zero-order valence-corrected chi connectivity index (χ0v) is 11.2. The van der Waals surface area contributed by atoms with E-state index in [1.54, 1.807) is 12.1 Å². The number of carbonyl (C=O) groups excluding carboxylic acids is 1. The van der Waals surface area contributed by atoms with E-state index in [4.69, 9.17) is 0 Å². The van der Waals surface area contributed by atoms with Crippen LogP contribution in [0.25, 0.3) is 0 Å². The van der Waals surface area contributed by atoms with Crippen molar-refractivity contribution in [1.29, 1.82) is 0 Å². The molecule has 104 valence electrons. The summed E-state index contributed by atoms with van der Waals surface area (Å²) in [5.74, 6) is -0.496. The molecule has 1 amide bonds. The molecule has 19 heavy (non-hydrogen) atoms. The number of benzene rings is 1. The normalized spacial score (nSPS) is 19.6. The third kappa shape index (κ3) is 4.29. The van der Waals surface area contributed by atoms with E-state index in [1.807, 2.05) is 0 Å². The fraction of sp³-hybridized carbons (Fsp3) is 0.500. The monoisotopic (exact) mass is 265 g/mol. The lowest BCUT2D eigenvalue weighted by Gasteiger charge is -2.19. The van der Waals surface area contributed by atoms with Crippen LogP contribution in [0.1, 0.15) is 12.8 Å². The van der Waals surface area contributed by atoms with Gasteiger partial charge < -0.3 is 15.5 Å². The quantitative estimate of drug-likeness (QED) is 0.847. The van der Waals surface area contributed by atoms with Crippen LogP contribution in [0.15, 0.2) is 24.3 Å². The molecule has 2 N–H and O–H groups in total. The largest absolute Gasteiger partial charge is 0.325 e. The first-order valence-corrected chi connectivity index (χ1v) is 6.61. The summed E-state index contributed by atoms with van der Waals surface area (Å²) in [4.78, 5) is 14.0. The first-order chi connectivity index (χ1) is 9.15. The number of hydrogen-bond donors (Lipinski definition) is 2. The number of nitrogens with one attached hydrogen (secondary N) is 2. The predicted molar refractivity (Wildman–Crippen MR) is 73.6 cm³/mol. The van der Waals surface area contributed by atoms with Crippen molar-refractivity contribution in [3.63, 3.8) is 0 Å². The maximum absolute atomic E-state index is 12.9. The van der Waals surface area contributed by atoms with Gasteiger partial charge in [0.1, 0.15) is 5.82 Å².